The van der Waals surface area contributed by atoms with Crippen molar-refractivity contribution in [2.45, 2.75) is 166 Å². The third-order valence-corrected chi connectivity index (χ3v) is 12.3. The van der Waals surface area contributed by atoms with E-state index in [-0.39, 0.29) is 36.7 Å². The minimum Gasteiger partial charge on any atom is -0.465 e. The molecule has 30 nitrogen and oxygen atoms in total. The van der Waals surface area contributed by atoms with Gasteiger partial charge in [0.1, 0.15) is 66.3 Å². The number of nitro groups is 2. The second kappa shape index (κ2) is 27.1. The number of aliphatic hydroxyl groups is 4. The van der Waals surface area contributed by atoms with Gasteiger partial charge in [-0.15, -0.1) is 0 Å². The number of aliphatic hydroxyl groups excluding tert-OH is 3. The smallest absolute Gasteiger partial charge is 0.410 e. The fraction of sp³-hybridized carbons (Fsp3) is 0.600. The van der Waals surface area contributed by atoms with Gasteiger partial charge in [-0.3, -0.25) is 29.8 Å². The van der Waals surface area contributed by atoms with Crippen molar-refractivity contribution in [3.63, 3.8) is 0 Å². The molecule has 12 atom stereocenters. The Hall–Kier alpha value is -7.48. The molecule has 1 aliphatic carbocycles. The molecule has 80 heavy (non-hydrogen) atoms. The molecule has 0 unspecified atom stereocenters. The molecular weight excluding hydrogens is 1060 g/mol. The van der Waals surface area contributed by atoms with E-state index in [9.17, 15) is 69.4 Å². The number of nitrogens with zero attached hydrogens (tertiary/aromatic N) is 3. The monoisotopic (exact) mass is 1130 g/mol. The fourth-order valence-corrected chi connectivity index (χ4v) is 8.51. The van der Waals surface area contributed by atoms with E-state index in [1.54, 1.807) is 41.5 Å². The van der Waals surface area contributed by atoms with Crippen LogP contribution in [0.2, 0.25) is 0 Å². The highest BCUT2D eigenvalue weighted by atomic mass is 16.7. The van der Waals surface area contributed by atoms with Gasteiger partial charge in [-0.25, -0.2) is 19.2 Å². The van der Waals surface area contributed by atoms with E-state index in [2.05, 4.69) is 26.6 Å². The summed E-state index contributed by atoms with van der Waals surface area (Å²) < 4.78 is 46.4. The normalized spacial score (nSPS) is 26.1. The third kappa shape index (κ3) is 18.6. The molecule has 0 aromatic heterocycles. The summed E-state index contributed by atoms with van der Waals surface area (Å²) in [6.07, 6.45) is -16.3. The molecule has 2 fully saturated rings. The molecule has 5 rings (SSSR count). The minimum absolute atomic E-state index is 0.0766. The molecule has 1 saturated carbocycles. The van der Waals surface area contributed by atoms with Crippen LogP contribution in [0.1, 0.15) is 79.4 Å². The maximum absolute atomic E-state index is 13.9. The van der Waals surface area contributed by atoms with Crippen molar-refractivity contribution in [3.8, 4) is 0 Å². The first-order valence-corrected chi connectivity index (χ1v) is 25.2. The van der Waals surface area contributed by atoms with E-state index in [4.69, 9.17) is 37.9 Å². The number of carbonyl (C=O) groups is 6. The van der Waals surface area contributed by atoms with E-state index in [0.29, 0.717) is 11.1 Å². The lowest BCUT2D eigenvalue weighted by Crippen LogP contribution is -2.71. The average Bonchev–Trinajstić information content (AvgIpc) is 3.36. The summed E-state index contributed by atoms with van der Waals surface area (Å²) >= 11 is 0. The van der Waals surface area contributed by atoms with Crippen LogP contribution in [0, 0.1) is 20.2 Å². The summed E-state index contributed by atoms with van der Waals surface area (Å²) in [5.74, 6) is -1.51. The summed E-state index contributed by atoms with van der Waals surface area (Å²) in [6, 6.07) is 4.51. The van der Waals surface area contributed by atoms with Crippen molar-refractivity contribution in [2.24, 2.45) is 0 Å². The maximum atomic E-state index is 13.9. The zero-order chi connectivity index (χ0) is 59.4. The molecule has 2 aliphatic heterocycles. The van der Waals surface area contributed by atoms with E-state index in [1.165, 1.54) is 75.5 Å². The Labute approximate surface area is 459 Å². The van der Waals surface area contributed by atoms with Crippen LogP contribution in [0.25, 0.3) is 0 Å². The molecule has 30 heteroatoms. The zero-order valence-corrected chi connectivity index (χ0v) is 45.5. The van der Waals surface area contributed by atoms with Gasteiger partial charge < -0.3 is 89.8 Å². The summed E-state index contributed by atoms with van der Waals surface area (Å²) in [5.41, 5.74) is -3.67. The molecule has 0 spiro atoms. The lowest BCUT2D eigenvalue weighted by atomic mass is 9.82. The predicted molar refractivity (Wildman–Crippen MR) is 273 cm³/mol. The number of ether oxygens (including phenoxy) is 8. The molecule has 1 saturated heterocycles. The van der Waals surface area contributed by atoms with Crippen LogP contribution in [-0.2, 0) is 60.7 Å². The first kappa shape index (κ1) is 63.4. The number of amides is 6. The number of hydrogen-bond donors (Lipinski definition) is 9. The molecule has 9 N–H and O–H groups in total. The molecule has 2 aromatic rings. The summed E-state index contributed by atoms with van der Waals surface area (Å²) in [7, 11) is 1.25. The zero-order valence-electron chi connectivity index (χ0n) is 45.5. The Balaban J connectivity index is 1.52. The highest BCUT2D eigenvalue weighted by Gasteiger charge is 2.55. The lowest BCUT2D eigenvalue weighted by Gasteiger charge is -2.50. The minimum atomic E-state index is -2.09. The highest BCUT2D eigenvalue weighted by Crippen LogP contribution is 2.35. The van der Waals surface area contributed by atoms with Crippen LogP contribution < -0.4 is 26.6 Å². The number of carbonyl (C=O) groups excluding carboxylic acids is 6. The third-order valence-electron chi connectivity index (χ3n) is 12.3. The molecule has 2 aromatic carbocycles. The van der Waals surface area contributed by atoms with Gasteiger partial charge in [-0.1, -0.05) is 0 Å². The van der Waals surface area contributed by atoms with E-state index >= 15 is 0 Å². The molecule has 2 heterocycles. The summed E-state index contributed by atoms with van der Waals surface area (Å²) in [5, 5.41) is 82.2. The van der Waals surface area contributed by atoms with Crippen LogP contribution in [0.15, 0.2) is 60.4 Å². The van der Waals surface area contributed by atoms with Crippen molar-refractivity contribution >= 4 is 47.6 Å². The van der Waals surface area contributed by atoms with Crippen molar-refractivity contribution in [3.05, 3.63) is 91.7 Å². The SMILES string of the molecule is CC(=O)NCC1=CC[C@@H](NC(=O)OCc2ccc([N+](=O)[O-])cc2)[C@@H](O[C@H]2[C@H](O)[C@@H](O[C@H]3OC[C@](C)(O)[C@H](N(C)C(=O)OC(C)(C)C)[C@H]3O)[C@H](NC(=O)[C@@H](O)CNC(=O)OC(C)(C)C)C[C@@H]2NC(=O)OCc2ccc([N+](=O)[O-])cc2)O1. The van der Waals surface area contributed by atoms with Crippen LogP contribution in [0.5, 0.6) is 0 Å². The van der Waals surface area contributed by atoms with Crippen LogP contribution >= 0.6 is 0 Å². The largest absolute Gasteiger partial charge is 0.465 e. The number of likely N-dealkylation sites (N-methyl/N-ethyl adjacent to an activating group) is 1. The van der Waals surface area contributed by atoms with Crippen molar-refractivity contribution in [1.29, 1.82) is 0 Å². The van der Waals surface area contributed by atoms with Gasteiger partial charge in [0.05, 0.1) is 53.7 Å². The molecule has 6 amide bonds. The Bertz CT molecular complexity index is 2550. The molecule has 3 aliphatic rings. The first-order valence-electron chi connectivity index (χ1n) is 25.2. The van der Waals surface area contributed by atoms with Gasteiger partial charge >= 0.3 is 24.4 Å². The predicted octanol–water partition coefficient (Wildman–Crippen LogP) is 1.77. The molecule has 442 valence electrons. The van der Waals surface area contributed by atoms with Crippen LogP contribution in [0.3, 0.4) is 0 Å². The number of nitrogens with one attached hydrogen (secondary N) is 5. The number of rotatable bonds is 19. The molecular formula is C50H70N8O22. The van der Waals surface area contributed by atoms with Gasteiger partial charge in [-0.2, -0.15) is 0 Å². The van der Waals surface area contributed by atoms with Crippen molar-refractivity contribution < 1.29 is 96.9 Å². The summed E-state index contributed by atoms with van der Waals surface area (Å²) in [4.78, 5) is 101. The number of benzene rings is 2. The Morgan fingerprint density at radius 2 is 1.25 bits per heavy atom. The lowest BCUT2D eigenvalue weighted by molar-refractivity contribution is -0.385. The fourth-order valence-electron chi connectivity index (χ4n) is 8.51. The van der Waals surface area contributed by atoms with Crippen molar-refractivity contribution in [2.75, 3.05) is 26.7 Å². The second-order valence-electron chi connectivity index (χ2n) is 21.3. The van der Waals surface area contributed by atoms with Gasteiger partial charge in [0, 0.05) is 38.2 Å². The average molecular weight is 1140 g/mol. The quantitative estimate of drug-likeness (QED) is 0.0550. The second-order valence-corrected chi connectivity index (χ2v) is 21.3. The molecule has 0 bridgehead atoms. The highest BCUT2D eigenvalue weighted by molar-refractivity contribution is 5.82. The molecule has 0 radical (unpaired) electrons. The van der Waals surface area contributed by atoms with Crippen LogP contribution in [-0.4, -0.2) is 182 Å². The van der Waals surface area contributed by atoms with Gasteiger partial charge in [0.2, 0.25) is 12.2 Å². The number of hydrogen-bond acceptors (Lipinski definition) is 22. The van der Waals surface area contributed by atoms with E-state index in [0.717, 1.165) is 4.90 Å². The first-order chi connectivity index (χ1) is 37.3. The summed E-state index contributed by atoms with van der Waals surface area (Å²) in [6.45, 7) is 9.79. The Morgan fingerprint density at radius 1 is 0.750 bits per heavy atom. The van der Waals surface area contributed by atoms with Gasteiger partial charge in [0.15, 0.2) is 6.29 Å². The number of non-ortho nitro benzene ring substituents is 2. The van der Waals surface area contributed by atoms with E-state index in [1.807, 2.05) is 0 Å². The van der Waals surface area contributed by atoms with E-state index < -0.39 is 156 Å². The number of nitro benzene ring substituents is 2. The topological polar surface area (TPSA) is 407 Å². The Kier molecular flexibility index (Phi) is 21.5. The Morgan fingerprint density at radius 3 is 1.75 bits per heavy atom. The van der Waals surface area contributed by atoms with Gasteiger partial charge in [-0.05, 0) is 103 Å². The standard InChI is InChI=1S/C50H70N8O22/c1-26(59)51-21-31-18-19-32(54-45(65)73-23-27-10-14-29(15-11-27)57(69)70)42(76-31)77-39-34(55-46(66)74-24-28-12-16-30(17-13-28)58(71)72)20-33(53-41(63)35(60)22-52-44(64)79-48(2,3)4)38(36(39)61)78-43-37(62)40(50(8,68)25-75-43)56(9)47(67)80-49(5,6)7/h10-18,32-40,42-43,60-62,68H,19-25H2,1-9H3,(H,51,59)(H,52,64)(H,53,63)(H,54,65)(H,55,66)/t32-,33-,34+,35+,36-,37-,38+,39-,40-,42-,43-,50+/m1/s1. The van der Waals surface area contributed by atoms with Gasteiger partial charge in [0.25, 0.3) is 17.3 Å². The van der Waals surface area contributed by atoms with Crippen molar-refractivity contribution in [1.82, 2.24) is 31.5 Å². The number of alkyl carbamates (subject to hydrolysis) is 3. The maximum Gasteiger partial charge on any atom is 0.410 e. The van der Waals surface area contributed by atoms with Crippen LogP contribution in [0.4, 0.5) is 30.6 Å².